The van der Waals surface area contributed by atoms with E-state index >= 15 is 0 Å². The molecule has 1 aliphatic heterocycles. The van der Waals surface area contributed by atoms with Gasteiger partial charge in [0.2, 0.25) is 0 Å². The smallest absolute Gasteiger partial charge is 0.255 e. The number of rotatable bonds is 3. The van der Waals surface area contributed by atoms with E-state index in [4.69, 9.17) is 34.8 Å². The molecule has 6 heteroatoms. The van der Waals surface area contributed by atoms with Gasteiger partial charge in [-0.1, -0.05) is 34.8 Å². The highest BCUT2D eigenvalue weighted by atomic mass is 35.5. The molecule has 0 bridgehead atoms. The van der Waals surface area contributed by atoms with Crippen LogP contribution in [-0.2, 0) is 0 Å². The molecule has 1 saturated heterocycles. The third-order valence-electron chi connectivity index (χ3n) is 4.09. The molecule has 1 fully saturated rings. The average molecular weight is 384 g/mol. The number of nitrogens with one attached hydrogen (secondary N) is 1. The molecule has 1 N–H and O–H groups in total. The zero-order valence-electron chi connectivity index (χ0n) is 13.0. The Hall–Kier alpha value is -1.42. The number of nitrogens with zero attached hydrogens (tertiary/aromatic N) is 1. The van der Waals surface area contributed by atoms with Crippen molar-refractivity contribution in [3.63, 3.8) is 0 Å². The standard InChI is InChI=1S/C18H17Cl3N2O/c19-13-5-7-17(23-8-2-1-3-9-23)16(11-13)22-18(24)12-4-6-14(20)15(21)10-12/h4-7,10-11H,1-3,8-9H2,(H,22,24). The van der Waals surface area contributed by atoms with Gasteiger partial charge >= 0.3 is 0 Å². The summed E-state index contributed by atoms with van der Waals surface area (Å²) in [5, 5.41) is 4.30. The zero-order valence-corrected chi connectivity index (χ0v) is 15.3. The second-order valence-electron chi connectivity index (χ2n) is 5.79. The van der Waals surface area contributed by atoms with Crippen LogP contribution >= 0.6 is 34.8 Å². The van der Waals surface area contributed by atoms with Crippen molar-refractivity contribution < 1.29 is 4.79 Å². The molecule has 0 unspecified atom stereocenters. The second-order valence-corrected chi connectivity index (χ2v) is 7.04. The van der Waals surface area contributed by atoms with Gasteiger partial charge in [-0.2, -0.15) is 0 Å². The number of anilines is 2. The van der Waals surface area contributed by atoms with Gasteiger partial charge < -0.3 is 10.2 Å². The van der Waals surface area contributed by atoms with Crippen molar-refractivity contribution >= 4 is 52.1 Å². The van der Waals surface area contributed by atoms with Gasteiger partial charge in [-0.3, -0.25) is 4.79 Å². The fourth-order valence-electron chi connectivity index (χ4n) is 2.85. The van der Waals surface area contributed by atoms with Crippen molar-refractivity contribution in [2.45, 2.75) is 19.3 Å². The van der Waals surface area contributed by atoms with Crippen LogP contribution in [0.3, 0.4) is 0 Å². The molecule has 24 heavy (non-hydrogen) atoms. The fourth-order valence-corrected chi connectivity index (χ4v) is 3.32. The Balaban J connectivity index is 1.86. The van der Waals surface area contributed by atoms with Crippen molar-refractivity contribution in [2.24, 2.45) is 0 Å². The van der Waals surface area contributed by atoms with Gasteiger partial charge in [0.25, 0.3) is 5.91 Å². The van der Waals surface area contributed by atoms with Crippen molar-refractivity contribution in [3.05, 3.63) is 57.0 Å². The highest BCUT2D eigenvalue weighted by molar-refractivity contribution is 6.42. The van der Waals surface area contributed by atoms with Crippen LogP contribution in [0.5, 0.6) is 0 Å². The predicted molar refractivity (Wildman–Crippen MR) is 102 cm³/mol. The van der Waals surface area contributed by atoms with Gasteiger partial charge in [0.05, 0.1) is 21.4 Å². The summed E-state index contributed by atoms with van der Waals surface area (Å²) in [6.07, 6.45) is 3.56. The number of hydrogen-bond donors (Lipinski definition) is 1. The Labute approximate surface area is 156 Å². The minimum Gasteiger partial charge on any atom is -0.370 e. The largest absolute Gasteiger partial charge is 0.370 e. The van der Waals surface area contributed by atoms with Gasteiger partial charge in [-0.25, -0.2) is 0 Å². The summed E-state index contributed by atoms with van der Waals surface area (Å²) in [5.41, 5.74) is 2.15. The van der Waals surface area contributed by atoms with Crippen LogP contribution in [0, 0.1) is 0 Å². The topological polar surface area (TPSA) is 32.3 Å². The highest BCUT2D eigenvalue weighted by Gasteiger charge is 2.17. The molecule has 0 aliphatic carbocycles. The maximum Gasteiger partial charge on any atom is 0.255 e. The van der Waals surface area contributed by atoms with Crippen molar-refractivity contribution in [1.29, 1.82) is 0 Å². The molecular formula is C18H17Cl3N2O. The van der Waals surface area contributed by atoms with Gasteiger partial charge in [0, 0.05) is 23.7 Å². The van der Waals surface area contributed by atoms with Crippen LogP contribution < -0.4 is 10.2 Å². The summed E-state index contributed by atoms with van der Waals surface area (Å²) >= 11 is 18.0. The van der Waals surface area contributed by atoms with Gasteiger partial charge in [-0.05, 0) is 55.7 Å². The summed E-state index contributed by atoms with van der Waals surface area (Å²) in [7, 11) is 0. The Morgan fingerprint density at radius 1 is 0.917 bits per heavy atom. The molecule has 3 nitrogen and oxygen atoms in total. The lowest BCUT2D eigenvalue weighted by Gasteiger charge is -2.30. The lowest BCUT2D eigenvalue weighted by atomic mass is 10.1. The normalized spacial score (nSPS) is 14.5. The maximum absolute atomic E-state index is 12.5. The lowest BCUT2D eigenvalue weighted by molar-refractivity contribution is 0.102. The van der Waals surface area contributed by atoms with E-state index in [0.717, 1.165) is 31.6 Å². The summed E-state index contributed by atoms with van der Waals surface area (Å²) < 4.78 is 0. The highest BCUT2D eigenvalue weighted by Crippen LogP contribution is 2.32. The van der Waals surface area contributed by atoms with Crippen LogP contribution in [0.25, 0.3) is 0 Å². The third-order valence-corrected chi connectivity index (χ3v) is 5.06. The van der Waals surface area contributed by atoms with E-state index in [9.17, 15) is 4.79 Å². The van der Waals surface area contributed by atoms with Gasteiger partial charge in [0.15, 0.2) is 0 Å². The van der Waals surface area contributed by atoms with Crippen LogP contribution in [0.15, 0.2) is 36.4 Å². The van der Waals surface area contributed by atoms with E-state index in [0.29, 0.717) is 26.3 Å². The summed E-state index contributed by atoms with van der Waals surface area (Å²) in [5.74, 6) is -0.242. The molecule has 1 heterocycles. The molecule has 0 spiro atoms. The molecule has 126 valence electrons. The number of carbonyl (C=O) groups excluding carboxylic acids is 1. The number of benzene rings is 2. The molecule has 0 saturated carbocycles. The van der Waals surface area contributed by atoms with Crippen LogP contribution in [-0.4, -0.2) is 19.0 Å². The predicted octanol–water partition coefficient (Wildman–Crippen LogP) is 5.89. The molecule has 0 radical (unpaired) electrons. The first-order valence-corrected chi connectivity index (χ1v) is 8.99. The summed E-state index contributed by atoms with van der Waals surface area (Å²) in [6, 6.07) is 10.4. The number of hydrogen-bond acceptors (Lipinski definition) is 2. The Kier molecular flexibility index (Phi) is 5.54. The number of piperidine rings is 1. The van der Waals surface area contributed by atoms with Gasteiger partial charge in [0.1, 0.15) is 0 Å². The maximum atomic E-state index is 12.5. The average Bonchev–Trinajstić information content (AvgIpc) is 2.58. The van der Waals surface area contributed by atoms with E-state index in [1.807, 2.05) is 12.1 Å². The first-order valence-electron chi connectivity index (χ1n) is 7.85. The lowest BCUT2D eigenvalue weighted by Crippen LogP contribution is -2.30. The summed E-state index contributed by atoms with van der Waals surface area (Å²) in [4.78, 5) is 14.8. The quantitative estimate of drug-likeness (QED) is 0.716. The zero-order chi connectivity index (χ0) is 17.1. The van der Waals surface area contributed by atoms with E-state index < -0.39 is 0 Å². The molecular weight excluding hydrogens is 367 g/mol. The van der Waals surface area contributed by atoms with Crippen molar-refractivity contribution in [3.8, 4) is 0 Å². The Morgan fingerprint density at radius 2 is 1.67 bits per heavy atom. The Bertz CT molecular complexity index is 758. The second kappa shape index (κ2) is 7.64. The molecule has 3 rings (SSSR count). The monoisotopic (exact) mass is 382 g/mol. The van der Waals surface area contributed by atoms with E-state index in [-0.39, 0.29) is 5.91 Å². The molecule has 1 amide bonds. The number of amides is 1. The first kappa shape index (κ1) is 17.4. The van der Waals surface area contributed by atoms with E-state index in [2.05, 4.69) is 10.2 Å². The first-order chi connectivity index (χ1) is 11.5. The van der Waals surface area contributed by atoms with Crippen molar-refractivity contribution in [1.82, 2.24) is 0 Å². The molecule has 2 aromatic carbocycles. The summed E-state index contributed by atoms with van der Waals surface area (Å²) in [6.45, 7) is 1.97. The number of carbonyl (C=O) groups is 1. The Morgan fingerprint density at radius 3 is 2.38 bits per heavy atom. The van der Waals surface area contributed by atoms with E-state index in [1.165, 1.54) is 6.42 Å². The minimum atomic E-state index is -0.242. The van der Waals surface area contributed by atoms with Crippen molar-refractivity contribution in [2.75, 3.05) is 23.3 Å². The molecule has 0 atom stereocenters. The molecule has 0 aromatic heterocycles. The van der Waals surface area contributed by atoms with E-state index in [1.54, 1.807) is 24.3 Å². The SMILES string of the molecule is O=C(Nc1cc(Cl)ccc1N1CCCCC1)c1ccc(Cl)c(Cl)c1. The minimum absolute atomic E-state index is 0.242. The van der Waals surface area contributed by atoms with Gasteiger partial charge in [-0.15, -0.1) is 0 Å². The number of halogens is 3. The molecule has 2 aromatic rings. The van der Waals surface area contributed by atoms with Crippen LogP contribution in [0.2, 0.25) is 15.1 Å². The molecule has 1 aliphatic rings. The van der Waals surface area contributed by atoms with Crippen LogP contribution in [0.4, 0.5) is 11.4 Å². The third kappa shape index (κ3) is 3.97. The fraction of sp³-hybridized carbons (Fsp3) is 0.278. The van der Waals surface area contributed by atoms with Crippen LogP contribution in [0.1, 0.15) is 29.6 Å².